The summed E-state index contributed by atoms with van der Waals surface area (Å²) in [6, 6.07) is 0. The molecule has 1 aliphatic rings. The maximum atomic E-state index is 11.5. The van der Waals surface area contributed by atoms with Gasteiger partial charge in [-0.05, 0) is 18.8 Å². The smallest absolute Gasteiger partial charge is 0.222 e. The molecule has 16 heavy (non-hydrogen) atoms. The third-order valence-corrected chi connectivity index (χ3v) is 3.50. The molecule has 0 aromatic carbocycles. The highest BCUT2D eigenvalue weighted by molar-refractivity contribution is 7.88. The van der Waals surface area contributed by atoms with E-state index in [0.29, 0.717) is 19.5 Å². The molecule has 0 bridgehead atoms. The van der Waals surface area contributed by atoms with Crippen molar-refractivity contribution < 1.29 is 13.2 Å². The van der Waals surface area contributed by atoms with Crippen LogP contribution in [0.15, 0.2) is 0 Å². The molecule has 6 heteroatoms. The average Bonchev–Trinajstić information content (AvgIpc) is 2.25. The fraction of sp³-hybridized carbons (Fsp3) is 0.900. The topological polar surface area (TPSA) is 66.5 Å². The largest absolute Gasteiger partial charge is 0.342 e. The number of carbonyl (C=O) groups is 1. The van der Waals surface area contributed by atoms with E-state index in [1.54, 1.807) is 0 Å². The molecule has 1 amide bonds. The van der Waals surface area contributed by atoms with Crippen LogP contribution in [-0.4, -0.2) is 45.1 Å². The summed E-state index contributed by atoms with van der Waals surface area (Å²) < 4.78 is 24.4. The lowest BCUT2D eigenvalue weighted by atomic mass is 9.98. The highest BCUT2D eigenvalue weighted by Crippen LogP contribution is 2.16. The molecule has 0 saturated carbocycles. The van der Waals surface area contributed by atoms with E-state index in [0.717, 1.165) is 25.6 Å². The van der Waals surface area contributed by atoms with Gasteiger partial charge in [0.05, 0.1) is 6.26 Å². The van der Waals surface area contributed by atoms with Gasteiger partial charge in [-0.25, -0.2) is 13.1 Å². The Hall–Kier alpha value is -0.620. The Balaban J connectivity index is 2.42. The number of likely N-dealkylation sites (tertiary alicyclic amines) is 1. The Morgan fingerprint density at radius 3 is 2.75 bits per heavy atom. The van der Waals surface area contributed by atoms with Crippen LogP contribution in [0.5, 0.6) is 0 Å². The maximum absolute atomic E-state index is 11.5. The lowest BCUT2D eigenvalue weighted by molar-refractivity contribution is -0.132. The maximum Gasteiger partial charge on any atom is 0.222 e. The molecule has 1 aliphatic heterocycles. The number of hydrogen-bond acceptors (Lipinski definition) is 3. The summed E-state index contributed by atoms with van der Waals surface area (Å²) in [5.41, 5.74) is 0. The predicted octanol–water partition coefficient (Wildman–Crippen LogP) is 0.184. The monoisotopic (exact) mass is 248 g/mol. The first kappa shape index (κ1) is 13.4. The zero-order valence-corrected chi connectivity index (χ0v) is 10.7. The van der Waals surface area contributed by atoms with Crippen LogP contribution in [0.25, 0.3) is 0 Å². The van der Waals surface area contributed by atoms with Gasteiger partial charge in [0, 0.05) is 26.1 Å². The van der Waals surface area contributed by atoms with Gasteiger partial charge < -0.3 is 4.90 Å². The summed E-state index contributed by atoms with van der Waals surface area (Å²) in [5, 5.41) is 0. The van der Waals surface area contributed by atoms with Gasteiger partial charge in [-0.1, -0.05) is 6.92 Å². The number of piperidine rings is 1. The SMILES string of the molecule is CCC(=O)N1CCCC(CNS(C)(=O)=O)C1. The van der Waals surface area contributed by atoms with Crippen LogP contribution in [0, 0.1) is 5.92 Å². The van der Waals surface area contributed by atoms with E-state index in [-0.39, 0.29) is 11.8 Å². The minimum atomic E-state index is -3.12. The molecule has 0 aromatic heterocycles. The van der Waals surface area contributed by atoms with Gasteiger partial charge in [0.2, 0.25) is 15.9 Å². The summed E-state index contributed by atoms with van der Waals surface area (Å²) >= 11 is 0. The van der Waals surface area contributed by atoms with E-state index in [4.69, 9.17) is 0 Å². The molecule has 1 unspecified atom stereocenters. The van der Waals surface area contributed by atoms with Gasteiger partial charge in [-0.2, -0.15) is 0 Å². The Kier molecular flexibility index (Phi) is 4.73. The van der Waals surface area contributed by atoms with Gasteiger partial charge in [0.15, 0.2) is 0 Å². The molecular weight excluding hydrogens is 228 g/mol. The number of hydrogen-bond donors (Lipinski definition) is 1. The van der Waals surface area contributed by atoms with E-state index in [9.17, 15) is 13.2 Å². The molecule has 0 aromatic rings. The zero-order valence-electron chi connectivity index (χ0n) is 9.90. The van der Waals surface area contributed by atoms with Crippen molar-refractivity contribution in [3.63, 3.8) is 0 Å². The number of carbonyl (C=O) groups excluding carboxylic acids is 1. The molecule has 1 fully saturated rings. The molecular formula is C10H20N2O3S. The third kappa shape index (κ3) is 4.49. The zero-order chi connectivity index (χ0) is 12.2. The summed E-state index contributed by atoms with van der Waals surface area (Å²) in [5.74, 6) is 0.406. The number of rotatable bonds is 4. The molecule has 0 radical (unpaired) electrons. The van der Waals surface area contributed by atoms with E-state index in [1.165, 1.54) is 0 Å². The summed E-state index contributed by atoms with van der Waals surface area (Å²) in [4.78, 5) is 13.3. The molecule has 0 aliphatic carbocycles. The fourth-order valence-corrected chi connectivity index (χ4v) is 2.49. The highest BCUT2D eigenvalue weighted by Gasteiger charge is 2.23. The number of sulfonamides is 1. The highest BCUT2D eigenvalue weighted by atomic mass is 32.2. The molecule has 1 N–H and O–H groups in total. The molecule has 1 rings (SSSR count). The second-order valence-electron chi connectivity index (χ2n) is 4.32. The Morgan fingerprint density at radius 2 is 2.19 bits per heavy atom. The number of nitrogens with one attached hydrogen (secondary N) is 1. The summed E-state index contributed by atoms with van der Waals surface area (Å²) in [6.45, 7) is 3.77. The van der Waals surface area contributed by atoms with Crippen molar-refractivity contribution in [1.82, 2.24) is 9.62 Å². The Bertz CT molecular complexity index is 340. The minimum Gasteiger partial charge on any atom is -0.342 e. The van der Waals surface area contributed by atoms with Crippen molar-refractivity contribution in [3.05, 3.63) is 0 Å². The van der Waals surface area contributed by atoms with Crippen molar-refractivity contribution in [2.24, 2.45) is 5.92 Å². The minimum absolute atomic E-state index is 0.157. The average molecular weight is 248 g/mol. The van der Waals surface area contributed by atoms with Crippen LogP contribution in [0.4, 0.5) is 0 Å². The van der Waals surface area contributed by atoms with Crippen LogP contribution in [0.3, 0.4) is 0 Å². The van der Waals surface area contributed by atoms with Crippen molar-refractivity contribution in [2.75, 3.05) is 25.9 Å². The fourth-order valence-electron chi connectivity index (χ4n) is 1.95. The van der Waals surface area contributed by atoms with Crippen molar-refractivity contribution in [3.8, 4) is 0 Å². The first-order chi connectivity index (χ1) is 7.42. The van der Waals surface area contributed by atoms with Crippen molar-refractivity contribution >= 4 is 15.9 Å². The van der Waals surface area contributed by atoms with Crippen molar-refractivity contribution in [1.29, 1.82) is 0 Å². The summed E-state index contributed by atoms with van der Waals surface area (Å²) in [7, 11) is -3.12. The van der Waals surface area contributed by atoms with Crippen LogP contribution in [0.2, 0.25) is 0 Å². The second kappa shape index (κ2) is 5.63. The lowest BCUT2D eigenvalue weighted by Gasteiger charge is -2.32. The van der Waals surface area contributed by atoms with Gasteiger partial charge in [0.25, 0.3) is 0 Å². The van der Waals surface area contributed by atoms with Crippen LogP contribution in [0.1, 0.15) is 26.2 Å². The standard InChI is InChI=1S/C10H20N2O3S/c1-3-10(13)12-6-4-5-9(8-12)7-11-16(2,14)15/h9,11H,3-8H2,1-2H3. The molecule has 5 nitrogen and oxygen atoms in total. The van der Waals surface area contributed by atoms with Gasteiger partial charge in [-0.3, -0.25) is 4.79 Å². The predicted molar refractivity (Wildman–Crippen MR) is 62.4 cm³/mol. The summed E-state index contributed by atoms with van der Waals surface area (Å²) in [6.07, 6.45) is 3.62. The van der Waals surface area contributed by atoms with E-state index in [1.807, 2.05) is 11.8 Å². The molecule has 94 valence electrons. The van der Waals surface area contributed by atoms with Crippen LogP contribution in [-0.2, 0) is 14.8 Å². The van der Waals surface area contributed by atoms with E-state index >= 15 is 0 Å². The van der Waals surface area contributed by atoms with E-state index in [2.05, 4.69) is 4.72 Å². The van der Waals surface area contributed by atoms with Gasteiger partial charge in [0.1, 0.15) is 0 Å². The Labute approximate surface area is 97.2 Å². The molecule has 0 spiro atoms. The van der Waals surface area contributed by atoms with Crippen LogP contribution < -0.4 is 4.72 Å². The lowest BCUT2D eigenvalue weighted by Crippen LogP contribution is -2.43. The normalized spacial score (nSPS) is 22.1. The number of nitrogens with zero attached hydrogens (tertiary/aromatic N) is 1. The third-order valence-electron chi connectivity index (χ3n) is 2.81. The van der Waals surface area contributed by atoms with E-state index < -0.39 is 10.0 Å². The molecule has 1 atom stereocenters. The first-order valence-corrected chi connectivity index (χ1v) is 7.54. The van der Waals surface area contributed by atoms with Crippen molar-refractivity contribution in [2.45, 2.75) is 26.2 Å². The Morgan fingerprint density at radius 1 is 1.50 bits per heavy atom. The van der Waals surface area contributed by atoms with Gasteiger partial charge in [-0.15, -0.1) is 0 Å². The molecule has 1 heterocycles. The number of amides is 1. The molecule has 1 saturated heterocycles. The van der Waals surface area contributed by atoms with Crippen LogP contribution >= 0.6 is 0 Å². The second-order valence-corrected chi connectivity index (χ2v) is 6.16. The first-order valence-electron chi connectivity index (χ1n) is 5.64. The quantitative estimate of drug-likeness (QED) is 0.772. The van der Waals surface area contributed by atoms with Gasteiger partial charge >= 0.3 is 0 Å².